The van der Waals surface area contributed by atoms with E-state index >= 15 is 0 Å². The Hall–Kier alpha value is -1.98. The molecule has 0 aliphatic carbocycles. The van der Waals surface area contributed by atoms with E-state index in [1.54, 1.807) is 27.7 Å². The molecular formula is C12H16N2O4. The summed E-state index contributed by atoms with van der Waals surface area (Å²) in [6.07, 6.45) is 0.821. The van der Waals surface area contributed by atoms with Gasteiger partial charge >= 0.3 is 0 Å². The fraction of sp³-hybridized carbons (Fsp3) is 0.500. The van der Waals surface area contributed by atoms with Crippen LogP contribution in [-0.2, 0) is 12.8 Å². The van der Waals surface area contributed by atoms with Gasteiger partial charge in [-0.05, 0) is 26.7 Å². The van der Waals surface area contributed by atoms with Gasteiger partial charge in [0.2, 0.25) is 0 Å². The minimum Gasteiger partial charge on any atom is -0.258 e. The lowest BCUT2D eigenvalue weighted by Gasteiger charge is -2.12. The highest BCUT2D eigenvalue weighted by Gasteiger charge is 2.30. The Morgan fingerprint density at radius 1 is 0.833 bits per heavy atom. The molecule has 0 heterocycles. The summed E-state index contributed by atoms with van der Waals surface area (Å²) in [5.74, 6) is 0. The molecule has 0 aromatic heterocycles. The molecule has 0 bridgehead atoms. The Labute approximate surface area is 105 Å². The molecule has 0 aliphatic rings. The number of hydrogen-bond donors (Lipinski definition) is 0. The van der Waals surface area contributed by atoms with E-state index in [2.05, 4.69) is 0 Å². The number of nitrogens with zero attached hydrogens (tertiary/aromatic N) is 2. The van der Waals surface area contributed by atoms with Gasteiger partial charge in [0.25, 0.3) is 11.4 Å². The topological polar surface area (TPSA) is 86.3 Å². The molecule has 0 unspecified atom stereocenters. The van der Waals surface area contributed by atoms with Crippen LogP contribution in [0.3, 0.4) is 0 Å². The summed E-state index contributed by atoms with van der Waals surface area (Å²) in [6, 6.07) is 0. The SMILES string of the molecule is CCc1c(C)c([N+](=O)[O-])c(CC)c(C)c1[N+](=O)[O-]. The number of rotatable bonds is 4. The maximum absolute atomic E-state index is 11.1. The Morgan fingerprint density at radius 3 is 1.28 bits per heavy atom. The molecule has 18 heavy (non-hydrogen) atoms. The maximum Gasteiger partial charge on any atom is 0.276 e. The van der Waals surface area contributed by atoms with Gasteiger partial charge in [0.05, 0.1) is 9.85 Å². The highest BCUT2D eigenvalue weighted by Crippen LogP contribution is 2.38. The summed E-state index contributed by atoms with van der Waals surface area (Å²) in [5.41, 5.74) is 1.80. The van der Waals surface area contributed by atoms with Gasteiger partial charge < -0.3 is 0 Å². The molecule has 0 atom stereocenters. The van der Waals surface area contributed by atoms with E-state index in [-0.39, 0.29) is 11.4 Å². The normalized spacial score (nSPS) is 10.4. The molecule has 0 saturated carbocycles. The summed E-state index contributed by atoms with van der Waals surface area (Å²) >= 11 is 0. The highest BCUT2D eigenvalue weighted by molar-refractivity contribution is 5.65. The molecule has 0 radical (unpaired) electrons. The van der Waals surface area contributed by atoms with Crippen molar-refractivity contribution < 1.29 is 9.85 Å². The Bertz CT molecular complexity index is 476. The van der Waals surface area contributed by atoms with E-state index < -0.39 is 9.85 Å². The van der Waals surface area contributed by atoms with Crippen molar-refractivity contribution >= 4 is 11.4 Å². The van der Waals surface area contributed by atoms with Crippen LogP contribution in [0.4, 0.5) is 11.4 Å². The molecule has 98 valence electrons. The van der Waals surface area contributed by atoms with Gasteiger partial charge in [-0.1, -0.05) is 13.8 Å². The third-order valence-corrected chi connectivity index (χ3v) is 3.26. The third kappa shape index (κ3) is 2.05. The Morgan fingerprint density at radius 2 is 1.11 bits per heavy atom. The third-order valence-electron chi connectivity index (χ3n) is 3.26. The van der Waals surface area contributed by atoms with Crippen molar-refractivity contribution in [3.05, 3.63) is 42.5 Å². The van der Waals surface area contributed by atoms with Crippen molar-refractivity contribution in [3.8, 4) is 0 Å². The highest BCUT2D eigenvalue weighted by atomic mass is 16.6. The van der Waals surface area contributed by atoms with E-state index in [9.17, 15) is 20.2 Å². The van der Waals surface area contributed by atoms with E-state index in [1.807, 2.05) is 0 Å². The summed E-state index contributed by atoms with van der Waals surface area (Å²) in [6.45, 7) is 6.71. The van der Waals surface area contributed by atoms with Gasteiger partial charge in [-0.15, -0.1) is 0 Å². The summed E-state index contributed by atoms with van der Waals surface area (Å²) in [7, 11) is 0. The Kier molecular flexibility index (Phi) is 4.00. The van der Waals surface area contributed by atoms with E-state index in [0.29, 0.717) is 35.1 Å². The van der Waals surface area contributed by atoms with Crippen LogP contribution in [0.25, 0.3) is 0 Å². The molecule has 6 nitrogen and oxygen atoms in total. The van der Waals surface area contributed by atoms with Crippen LogP contribution < -0.4 is 0 Å². The maximum atomic E-state index is 11.1. The van der Waals surface area contributed by atoms with E-state index in [4.69, 9.17) is 0 Å². The molecule has 0 amide bonds. The Balaban J connectivity index is 3.85. The van der Waals surface area contributed by atoms with Crippen molar-refractivity contribution in [1.82, 2.24) is 0 Å². The molecule has 0 spiro atoms. The first-order valence-corrected chi connectivity index (χ1v) is 5.80. The first kappa shape index (κ1) is 14.1. The number of hydrogen-bond acceptors (Lipinski definition) is 4. The zero-order valence-corrected chi connectivity index (χ0v) is 10.9. The monoisotopic (exact) mass is 252 g/mol. The molecule has 0 N–H and O–H groups in total. The molecule has 0 aliphatic heterocycles. The van der Waals surface area contributed by atoms with Crippen molar-refractivity contribution in [1.29, 1.82) is 0 Å². The second kappa shape index (κ2) is 5.12. The lowest BCUT2D eigenvalue weighted by Crippen LogP contribution is -2.08. The molecule has 1 aromatic carbocycles. The lowest BCUT2D eigenvalue weighted by molar-refractivity contribution is -0.391. The predicted octanol–water partition coefficient (Wildman–Crippen LogP) is 3.24. The van der Waals surface area contributed by atoms with Gasteiger partial charge in [-0.3, -0.25) is 20.2 Å². The number of benzene rings is 1. The van der Waals surface area contributed by atoms with Crippen LogP contribution >= 0.6 is 0 Å². The fourth-order valence-corrected chi connectivity index (χ4v) is 2.45. The first-order valence-electron chi connectivity index (χ1n) is 5.80. The lowest BCUT2D eigenvalue weighted by atomic mass is 9.92. The minimum atomic E-state index is -0.440. The minimum absolute atomic E-state index is 0.0254. The van der Waals surface area contributed by atoms with Gasteiger partial charge in [0.15, 0.2) is 0 Å². The van der Waals surface area contributed by atoms with Crippen LogP contribution in [0.2, 0.25) is 0 Å². The summed E-state index contributed by atoms with van der Waals surface area (Å²) in [5, 5.41) is 22.3. The van der Waals surface area contributed by atoms with Crippen LogP contribution in [0.15, 0.2) is 0 Å². The van der Waals surface area contributed by atoms with Crippen molar-refractivity contribution in [2.75, 3.05) is 0 Å². The van der Waals surface area contributed by atoms with Gasteiger partial charge in [0.1, 0.15) is 0 Å². The average molecular weight is 252 g/mol. The summed E-state index contributed by atoms with van der Waals surface area (Å²) in [4.78, 5) is 21.4. The van der Waals surface area contributed by atoms with Crippen LogP contribution in [0.1, 0.15) is 36.1 Å². The standard InChI is InChI=1S/C12H16N2O4/c1-5-9-7(3)12(14(17)18)10(6-2)8(4)11(9)13(15)16/h5-6H2,1-4H3. The molecular weight excluding hydrogens is 236 g/mol. The van der Waals surface area contributed by atoms with Gasteiger partial charge in [-0.25, -0.2) is 0 Å². The molecule has 6 heteroatoms. The van der Waals surface area contributed by atoms with Crippen LogP contribution in [0, 0.1) is 34.1 Å². The summed E-state index contributed by atoms with van der Waals surface area (Å²) < 4.78 is 0. The average Bonchev–Trinajstić information content (AvgIpc) is 2.29. The molecule has 0 saturated heterocycles. The van der Waals surface area contributed by atoms with Crippen molar-refractivity contribution in [2.24, 2.45) is 0 Å². The zero-order chi connectivity index (χ0) is 14.0. The fourth-order valence-electron chi connectivity index (χ4n) is 2.45. The van der Waals surface area contributed by atoms with E-state index in [1.165, 1.54) is 0 Å². The largest absolute Gasteiger partial charge is 0.276 e. The van der Waals surface area contributed by atoms with Crippen molar-refractivity contribution in [3.63, 3.8) is 0 Å². The molecule has 0 fully saturated rings. The smallest absolute Gasteiger partial charge is 0.258 e. The predicted molar refractivity (Wildman–Crippen MR) is 68.0 cm³/mol. The molecule has 1 rings (SSSR count). The van der Waals surface area contributed by atoms with Crippen LogP contribution in [-0.4, -0.2) is 9.85 Å². The second-order valence-corrected chi connectivity index (χ2v) is 4.13. The zero-order valence-electron chi connectivity index (χ0n) is 10.9. The second-order valence-electron chi connectivity index (χ2n) is 4.13. The molecule has 1 aromatic rings. The quantitative estimate of drug-likeness (QED) is 0.608. The number of nitro groups is 2. The van der Waals surface area contributed by atoms with Gasteiger partial charge in [0, 0.05) is 22.3 Å². The van der Waals surface area contributed by atoms with Crippen LogP contribution in [0.5, 0.6) is 0 Å². The van der Waals surface area contributed by atoms with Crippen molar-refractivity contribution in [2.45, 2.75) is 40.5 Å². The van der Waals surface area contributed by atoms with Gasteiger partial charge in [-0.2, -0.15) is 0 Å². The number of nitro benzene ring substituents is 2. The van der Waals surface area contributed by atoms with E-state index in [0.717, 1.165) is 0 Å². The first-order chi connectivity index (χ1) is 8.36.